The largest absolute Gasteiger partial charge is 0.340 e. The molecule has 1 aromatic heterocycles. The first-order valence-corrected chi connectivity index (χ1v) is 6.24. The normalized spacial score (nSPS) is 26.3. The number of likely N-dealkylation sites (tertiary alicyclic amines) is 1. The number of carbonyl (C=O) groups is 1. The number of hydrogen-bond acceptors (Lipinski definition) is 3. The SMILES string of the molecule is CC(C(=O)N1C[C@H]2CNC[C@H]2C1)n1cccn1.Cl.Cl. The fourth-order valence-corrected chi connectivity index (χ4v) is 2.92. The van der Waals surface area contributed by atoms with E-state index in [1.54, 1.807) is 10.9 Å². The lowest BCUT2D eigenvalue weighted by Gasteiger charge is -2.22. The zero-order chi connectivity index (χ0) is 11.8. The van der Waals surface area contributed by atoms with Gasteiger partial charge in [0.25, 0.3) is 0 Å². The minimum absolute atomic E-state index is 0. The molecule has 0 radical (unpaired) electrons. The monoisotopic (exact) mass is 306 g/mol. The predicted molar refractivity (Wildman–Crippen MR) is 77.9 cm³/mol. The Bertz CT molecular complexity index is 400. The number of amides is 1. The summed E-state index contributed by atoms with van der Waals surface area (Å²) in [6, 6.07) is 1.67. The first-order chi connectivity index (χ1) is 8.25. The van der Waals surface area contributed by atoms with Crippen LogP contribution in [0.15, 0.2) is 18.5 Å². The number of aromatic nitrogens is 2. The Labute approximate surface area is 125 Å². The molecule has 0 bridgehead atoms. The van der Waals surface area contributed by atoms with Crippen molar-refractivity contribution in [2.45, 2.75) is 13.0 Å². The lowest BCUT2D eigenvalue weighted by molar-refractivity contribution is -0.133. The van der Waals surface area contributed by atoms with Crippen molar-refractivity contribution in [2.75, 3.05) is 26.2 Å². The Morgan fingerprint density at radius 2 is 1.95 bits per heavy atom. The molecule has 3 atom stereocenters. The molecule has 2 fully saturated rings. The highest BCUT2D eigenvalue weighted by Gasteiger charge is 2.39. The molecule has 0 aromatic carbocycles. The van der Waals surface area contributed by atoms with Crippen molar-refractivity contribution in [3.05, 3.63) is 18.5 Å². The summed E-state index contributed by atoms with van der Waals surface area (Å²) in [5, 5.41) is 7.52. The van der Waals surface area contributed by atoms with Crippen molar-refractivity contribution < 1.29 is 4.79 Å². The second-order valence-electron chi connectivity index (χ2n) is 5.08. The average molecular weight is 307 g/mol. The smallest absolute Gasteiger partial charge is 0.247 e. The van der Waals surface area contributed by atoms with Gasteiger partial charge in [-0.2, -0.15) is 5.10 Å². The topological polar surface area (TPSA) is 50.2 Å². The molecule has 2 aliphatic heterocycles. The van der Waals surface area contributed by atoms with E-state index in [2.05, 4.69) is 10.4 Å². The van der Waals surface area contributed by atoms with Crippen molar-refractivity contribution in [3.8, 4) is 0 Å². The van der Waals surface area contributed by atoms with E-state index in [0.717, 1.165) is 26.2 Å². The van der Waals surface area contributed by atoms with Crippen molar-refractivity contribution in [3.63, 3.8) is 0 Å². The molecule has 1 N–H and O–H groups in total. The van der Waals surface area contributed by atoms with E-state index in [-0.39, 0.29) is 36.8 Å². The zero-order valence-corrected chi connectivity index (χ0v) is 12.5. The fourth-order valence-electron chi connectivity index (χ4n) is 2.92. The fraction of sp³-hybridized carbons (Fsp3) is 0.667. The minimum Gasteiger partial charge on any atom is -0.340 e. The molecule has 3 rings (SSSR count). The second kappa shape index (κ2) is 6.59. The Hall–Kier alpha value is -0.780. The van der Waals surface area contributed by atoms with Crippen molar-refractivity contribution >= 4 is 30.7 Å². The van der Waals surface area contributed by atoms with Gasteiger partial charge in [0.05, 0.1) is 0 Å². The van der Waals surface area contributed by atoms with Crippen LogP contribution in [0.4, 0.5) is 0 Å². The van der Waals surface area contributed by atoms with Crippen LogP contribution in [-0.4, -0.2) is 46.8 Å². The van der Waals surface area contributed by atoms with E-state index in [1.807, 2.05) is 24.1 Å². The summed E-state index contributed by atoms with van der Waals surface area (Å²) in [6.07, 6.45) is 3.56. The number of nitrogens with one attached hydrogen (secondary N) is 1. The van der Waals surface area contributed by atoms with Crippen LogP contribution in [0.25, 0.3) is 0 Å². The molecule has 0 spiro atoms. The van der Waals surface area contributed by atoms with E-state index in [1.165, 1.54) is 0 Å². The van der Waals surface area contributed by atoms with Crippen molar-refractivity contribution in [2.24, 2.45) is 11.8 Å². The van der Waals surface area contributed by atoms with Crippen LogP contribution in [0, 0.1) is 11.8 Å². The summed E-state index contributed by atoms with van der Waals surface area (Å²) >= 11 is 0. The van der Waals surface area contributed by atoms with Gasteiger partial charge in [-0.05, 0) is 24.8 Å². The van der Waals surface area contributed by atoms with Crippen LogP contribution in [0.2, 0.25) is 0 Å². The van der Waals surface area contributed by atoms with Gasteiger partial charge in [-0.3, -0.25) is 9.48 Å². The summed E-state index contributed by atoms with van der Waals surface area (Å²) < 4.78 is 1.73. The first kappa shape index (κ1) is 16.3. The molecule has 108 valence electrons. The summed E-state index contributed by atoms with van der Waals surface area (Å²) in [4.78, 5) is 14.3. The summed E-state index contributed by atoms with van der Waals surface area (Å²) in [6.45, 7) is 5.85. The van der Waals surface area contributed by atoms with Gasteiger partial charge in [-0.1, -0.05) is 0 Å². The molecule has 1 amide bonds. The van der Waals surface area contributed by atoms with Crippen LogP contribution in [0.1, 0.15) is 13.0 Å². The number of nitrogens with zero attached hydrogens (tertiary/aromatic N) is 3. The molecule has 19 heavy (non-hydrogen) atoms. The third-order valence-electron chi connectivity index (χ3n) is 3.98. The quantitative estimate of drug-likeness (QED) is 0.885. The average Bonchev–Trinajstić information content (AvgIpc) is 3.01. The van der Waals surface area contributed by atoms with Crippen molar-refractivity contribution in [1.29, 1.82) is 0 Å². The lowest BCUT2D eigenvalue weighted by atomic mass is 10.0. The Morgan fingerprint density at radius 1 is 1.32 bits per heavy atom. The summed E-state index contributed by atoms with van der Waals surface area (Å²) in [5.74, 6) is 1.51. The van der Waals surface area contributed by atoms with E-state index >= 15 is 0 Å². The predicted octanol–water partition coefficient (Wildman–Crippen LogP) is 0.966. The van der Waals surface area contributed by atoms with Gasteiger partial charge in [0.2, 0.25) is 5.91 Å². The lowest BCUT2D eigenvalue weighted by Crippen LogP contribution is -2.36. The first-order valence-electron chi connectivity index (χ1n) is 6.24. The maximum atomic E-state index is 12.3. The molecule has 0 aliphatic carbocycles. The molecule has 1 aromatic rings. The number of halogens is 2. The second-order valence-corrected chi connectivity index (χ2v) is 5.08. The van der Waals surface area contributed by atoms with E-state index in [0.29, 0.717) is 11.8 Å². The summed E-state index contributed by atoms with van der Waals surface area (Å²) in [7, 11) is 0. The molecular weight excluding hydrogens is 287 g/mol. The van der Waals surface area contributed by atoms with Gasteiger partial charge in [-0.25, -0.2) is 0 Å². The van der Waals surface area contributed by atoms with Crippen LogP contribution < -0.4 is 5.32 Å². The molecule has 2 aliphatic rings. The molecular formula is C12H20Cl2N4O. The number of carbonyl (C=O) groups excluding carboxylic acids is 1. The van der Waals surface area contributed by atoms with Gasteiger partial charge in [-0.15, -0.1) is 24.8 Å². The van der Waals surface area contributed by atoms with Gasteiger partial charge < -0.3 is 10.2 Å². The molecule has 5 nitrogen and oxygen atoms in total. The highest BCUT2D eigenvalue weighted by molar-refractivity contribution is 5.85. The van der Waals surface area contributed by atoms with Crippen LogP contribution in [-0.2, 0) is 4.79 Å². The molecule has 1 unspecified atom stereocenters. The Morgan fingerprint density at radius 3 is 2.47 bits per heavy atom. The Kier molecular flexibility index (Phi) is 5.64. The third-order valence-corrected chi connectivity index (χ3v) is 3.98. The van der Waals surface area contributed by atoms with E-state index in [9.17, 15) is 4.79 Å². The van der Waals surface area contributed by atoms with Gasteiger partial charge in [0.15, 0.2) is 0 Å². The van der Waals surface area contributed by atoms with Crippen molar-refractivity contribution in [1.82, 2.24) is 20.0 Å². The highest BCUT2D eigenvalue weighted by Crippen LogP contribution is 2.27. The summed E-state index contributed by atoms with van der Waals surface area (Å²) in [5.41, 5.74) is 0. The molecule has 7 heteroatoms. The maximum Gasteiger partial charge on any atom is 0.247 e. The van der Waals surface area contributed by atoms with E-state index < -0.39 is 0 Å². The molecule has 0 saturated carbocycles. The number of fused-ring (bicyclic) bond motifs is 1. The minimum atomic E-state index is -0.184. The van der Waals surface area contributed by atoms with Gasteiger partial charge in [0.1, 0.15) is 6.04 Å². The number of rotatable bonds is 2. The van der Waals surface area contributed by atoms with Crippen LogP contribution >= 0.6 is 24.8 Å². The Balaban J connectivity index is 0.000000902. The molecule has 2 saturated heterocycles. The maximum absolute atomic E-state index is 12.3. The standard InChI is InChI=1S/C12H18N4O.2ClH/c1-9(16-4-2-3-14-16)12(17)15-7-10-5-13-6-11(10)8-15;;/h2-4,9-11,13H,5-8H2,1H3;2*1H/t9?,10-,11+;;. The third kappa shape index (κ3) is 3.04. The van der Waals surface area contributed by atoms with Gasteiger partial charge >= 0.3 is 0 Å². The zero-order valence-electron chi connectivity index (χ0n) is 10.9. The van der Waals surface area contributed by atoms with Gasteiger partial charge in [0, 0.05) is 38.6 Å². The van der Waals surface area contributed by atoms with Crippen LogP contribution in [0.3, 0.4) is 0 Å². The van der Waals surface area contributed by atoms with Crippen LogP contribution in [0.5, 0.6) is 0 Å². The van der Waals surface area contributed by atoms with E-state index in [4.69, 9.17) is 0 Å². The number of hydrogen-bond donors (Lipinski definition) is 1. The highest BCUT2D eigenvalue weighted by atomic mass is 35.5. The molecule has 3 heterocycles.